The molecule has 1 amide bonds. The number of aromatic nitrogens is 1. The van der Waals surface area contributed by atoms with Gasteiger partial charge in [0.25, 0.3) is 0 Å². The number of pyridine rings is 1. The molecule has 1 rings (SSSR count). The zero-order valence-corrected chi connectivity index (χ0v) is 9.40. The van der Waals surface area contributed by atoms with Crippen LogP contribution in [-0.4, -0.2) is 27.2 Å². The van der Waals surface area contributed by atoms with E-state index in [1.807, 2.05) is 0 Å². The largest absolute Gasteiger partial charge is 0.417 e. The summed E-state index contributed by atoms with van der Waals surface area (Å²) in [6.07, 6.45) is -8.28. The molecule has 0 aliphatic rings. The van der Waals surface area contributed by atoms with Crippen molar-refractivity contribution in [2.75, 3.05) is 0 Å². The third-order valence-electron chi connectivity index (χ3n) is 2.10. The van der Waals surface area contributed by atoms with Crippen LogP contribution in [0.5, 0.6) is 0 Å². The number of primary amides is 1. The number of carbonyl (C=O) groups is 1. The van der Waals surface area contributed by atoms with Gasteiger partial charge in [-0.1, -0.05) is 11.6 Å². The number of carbonyl (C=O) groups excluding carboxylic acids is 1. The van der Waals surface area contributed by atoms with Gasteiger partial charge in [0.05, 0.1) is 5.56 Å². The third-order valence-corrected chi connectivity index (χ3v) is 2.42. The number of amides is 1. The molecule has 1 aromatic rings. The van der Waals surface area contributed by atoms with Crippen LogP contribution in [0.1, 0.15) is 17.2 Å². The number of nitrogens with two attached hydrogens (primary N) is 1. The Balaban J connectivity index is 3.20. The summed E-state index contributed by atoms with van der Waals surface area (Å²) < 4.78 is 37.2. The molecular formula is C9H8ClF3N2O3. The van der Waals surface area contributed by atoms with Gasteiger partial charge in [-0.2, -0.15) is 13.2 Å². The van der Waals surface area contributed by atoms with E-state index in [2.05, 4.69) is 4.98 Å². The summed E-state index contributed by atoms with van der Waals surface area (Å²) in [5, 5.41) is 18.2. The highest BCUT2D eigenvalue weighted by Gasteiger charge is 2.34. The Kier molecular flexibility index (Phi) is 4.15. The van der Waals surface area contributed by atoms with Gasteiger partial charge in [0.2, 0.25) is 5.91 Å². The molecule has 2 atom stereocenters. The quantitative estimate of drug-likeness (QED) is 0.709. The van der Waals surface area contributed by atoms with Crippen LogP contribution in [0.15, 0.2) is 12.3 Å². The second-order valence-corrected chi connectivity index (χ2v) is 3.75. The van der Waals surface area contributed by atoms with Crippen LogP contribution in [0.4, 0.5) is 13.2 Å². The van der Waals surface area contributed by atoms with Gasteiger partial charge in [-0.05, 0) is 6.07 Å². The van der Waals surface area contributed by atoms with Gasteiger partial charge in [0, 0.05) is 11.8 Å². The van der Waals surface area contributed by atoms with E-state index in [0.29, 0.717) is 12.3 Å². The first-order valence-electron chi connectivity index (χ1n) is 4.52. The second-order valence-electron chi connectivity index (χ2n) is 3.39. The fraction of sp³-hybridized carbons (Fsp3) is 0.333. The number of aliphatic hydroxyl groups is 2. The van der Waals surface area contributed by atoms with Gasteiger partial charge in [-0.15, -0.1) is 0 Å². The van der Waals surface area contributed by atoms with E-state index in [4.69, 9.17) is 17.3 Å². The molecule has 4 N–H and O–H groups in total. The van der Waals surface area contributed by atoms with Gasteiger partial charge in [-0.3, -0.25) is 4.79 Å². The first-order chi connectivity index (χ1) is 8.14. The first-order valence-corrected chi connectivity index (χ1v) is 4.90. The standard InChI is InChI=1S/C9H8ClF3N2O3/c10-7-4(5(16)6(17)8(14)18)1-3(2-15-7)9(11,12)13/h1-2,5-6,16-17H,(H2,14,18). The summed E-state index contributed by atoms with van der Waals surface area (Å²) in [6.45, 7) is 0. The predicted octanol–water partition coefficient (Wildman–Crippen LogP) is 0.633. The number of nitrogens with zero attached hydrogens (tertiary/aromatic N) is 1. The van der Waals surface area contributed by atoms with Crippen molar-refractivity contribution < 1.29 is 28.2 Å². The number of halogens is 4. The molecule has 0 aliphatic carbocycles. The van der Waals surface area contributed by atoms with E-state index in [1.165, 1.54) is 0 Å². The molecule has 18 heavy (non-hydrogen) atoms. The summed E-state index contributed by atoms with van der Waals surface area (Å²) in [4.78, 5) is 13.9. The molecule has 0 bridgehead atoms. The Bertz CT molecular complexity index is 467. The molecule has 5 nitrogen and oxygen atoms in total. The highest BCUT2D eigenvalue weighted by molar-refractivity contribution is 6.30. The lowest BCUT2D eigenvalue weighted by molar-refractivity contribution is -0.138. The molecule has 2 unspecified atom stereocenters. The second kappa shape index (κ2) is 5.09. The van der Waals surface area contributed by atoms with Crippen LogP contribution in [0, 0.1) is 0 Å². The maximum absolute atomic E-state index is 12.4. The average molecular weight is 285 g/mol. The Hall–Kier alpha value is -1.38. The van der Waals surface area contributed by atoms with Crippen molar-refractivity contribution in [2.24, 2.45) is 5.73 Å². The van der Waals surface area contributed by atoms with Crippen molar-refractivity contribution in [3.05, 3.63) is 28.5 Å². The van der Waals surface area contributed by atoms with Crippen LogP contribution < -0.4 is 5.73 Å². The van der Waals surface area contributed by atoms with E-state index < -0.39 is 40.6 Å². The highest BCUT2D eigenvalue weighted by atomic mass is 35.5. The molecule has 1 heterocycles. The van der Waals surface area contributed by atoms with Crippen molar-refractivity contribution in [3.8, 4) is 0 Å². The molecule has 9 heteroatoms. The topological polar surface area (TPSA) is 96.4 Å². The number of hydrogen-bond donors (Lipinski definition) is 3. The molecule has 0 aromatic carbocycles. The Morgan fingerprint density at radius 3 is 2.44 bits per heavy atom. The molecule has 0 spiro atoms. The van der Waals surface area contributed by atoms with Crippen molar-refractivity contribution in [2.45, 2.75) is 18.4 Å². The average Bonchev–Trinajstić information content (AvgIpc) is 2.26. The highest BCUT2D eigenvalue weighted by Crippen LogP contribution is 2.33. The SMILES string of the molecule is NC(=O)C(O)C(O)c1cc(C(F)(F)F)cnc1Cl. The predicted molar refractivity (Wildman–Crippen MR) is 54.4 cm³/mol. The van der Waals surface area contributed by atoms with E-state index >= 15 is 0 Å². The molecule has 0 aliphatic heterocycles. The van der Waals surface area contributed by atoms with Crippen molar-refractivity contribution in [1.82, 2.24) is 4.98 Å². The van der Waals surface area contributed by atoms with Crippen LogP contribution in [0.3, 0.4) is 0 Å². The summed E-state index contributed by atoms with van der Waals surface area (Å²) in [7, 11) is 0. The Labute approximate surface area is 104 Å². The molecule has 100 valence electrons. The molecule has 0 saturated carbocycles. The van der Waals surface area contributed by atoms with E-state index in [9.17, 15) is 28.2 Å². The zero-order chi connectivity index (χ0) is 14.1. The summed E-state index contributed by atoms with van der Waals surface area (Å²) in [5.74, 6) is -1.30. The fourth-order valence-corrected chi connectivity index (χ4v) is 1.37. The van der Waals surface area contributed by atoms with Crippen LogP contribution in [-0.2, 0) is 11.0 Å². The zero-order valence-electron chi connectivity index (χ0n) is 8.65. The van der Waals surface area contributed by atoms with Gasteiger partial charge < -0.3 is 15.9 Å². The molecule has 0 radical (unpaired) electrons. The van der Waals surface area contributed by atoms with Crippen LogP contribution in [0.25, 0.3) is 0 Å². The smallest absolute Gasteiger partial charge is 0.385 e. The van der Waals surface area contributed by atoms with E-state index in [0.717, 1.165) is 0 Å². The normalized spacial score (nSPS) is 15.2. The molecule has 1 aromatic heterocycles. The van der Waals surface area contributed by atoms with Crippen molar-refractivity contribution in [3.63, 3.8) is 0 Å². The Morgan fingerprint density at radius 2 is 2.00 bits per heavy atom. The summed E-state index contributed by atoms with van der Waals surface area (Å²) in [6, 6.07) is 0.492. The van der Waals surface area contributed by atoms with Gasteiger partial charge >= 0.3 is 6.18 Å². The monoisotopic (exact) mass is 284 g/mol. The number of alkyl halides is 3. The lowest BCUT2D eigenvalue weighted by Crippen LogP contribution is -2.34. The van der Waals surface area contributed by atoms with Gasteiger partial charge in [0.1, 0.15) is 11.3 Å². The maximum atomic E-state index is 12.4. The van der Waals surface area contributed by atoms with Crippen molar-refractivity contribution >= 4 is 17.5 Å². The molecule has 0 saturated heterocycles. The minimum Gasteiger partial charge on any atom is -0.385 e. The number of aliphatic hydroxyl groups excluding tert-OH is 2. The summed E-state index contributed by atoms with van der Waals surface area (Å²) in [5.41, 5.74) is 3.01. The first kappa shape index (κ1) is 14.7. The molecule has 0 fully saturated rings. The van der Waals surface area contributed by atoms with Gasteiger partial charge in [-0.25, -0.2) is 4.98 Å². The van der Waals surface area contributed by atoms with E-state index in [1.54, 1.807) is 0 Å². The lowest BCUT2D eigenvalue weighted by Gasteiger charge is -2.17. The maximum Gasteiger partial charge on any atom is 0.417 e. The lowest BCUT2D eigenvalue weighted by atomic mass is 10.0. The third kappa shape index (κ3) is 3.09. The minimum absolute atomic E-state index is 0.462. The number of rotatable bonds is 3. The van der Waals surface area contributed by atoms with E-state index in [-0.39, 0.29) is 0 Å². The van der Waals surface area contributed by atoms with Crippen LogP contribution in [0.2, 0.25) is 5.15 Å². The molecular weight excluding hydrogens is 277 g/mol. The summed E-state index contributed by atoms with van der Waals surface area (Å²) >= 11 is 5.49. The number of hydrogen-bond acceptors (Lipinski definition) is 4. The Morgan fingerprint density at radius 1 is 1.44 bits per heavy atom. The van der Waals surface area contributed by atoms with Gasteiger partial charge in [0.15, 0.2) is 6.10 Å². The fourth-order valence-electron chi connectivity index (χ4n) is 1.15. The van der Waals surface area contributed by atoms with Crippen molar-refractivity contribution in [1.29, 1.82) is 0 Å². The minimum atomic E-state index is -4.69. The van der Waals surface area contributed by atoms with Crippen LogP contribution >= 0.6 is 11.6 Å².